The Labute approximate surface area is 71.8 Å². The molecular weight excluding hydrogens is 211 g/mol. The third-order valence-corrected chi connectivity index (χ3v) is 2.19. The summed E-state index contributed by atoms with van der Waals surface area (Å²) >= 11 is 0. The maximum atomic E-state index is 11.5. The van der Waals surface area contributed by atoms with Gasteiger partial charge in [-0.1, -0.05) is 0 Å². The summed E-state index contributed by atoms with van der Waals surface area (Å²) in [6, 6.07) is 2.52. The fourth-order valence-electron chi connectivity index (χ4n) is 0.630. The molecule has 0 aromatic carbocycles. The second-order valence-corrected chi connectivity index (χ2v) is 3.44. The molecule has 0 atom stereocenters. The van der Waals surface area contributed by atoms with Gasteiger partial charge in [0.2, 0.25) is 0 Å². The third kappa shape index (κ3) is 2.74. The van der Waals surface area contributed by atoms with E-state index in [1.165, 1.54) is 12.1 Å². The van der Waals surface area contributed by atoms with Gasteiger partial charge in [0.25, 0.3) is 0 Å². The van der Waals surface area contributed by atoms with Crippen LogP contribution in [0.4, 0.5) is 13.2 Å². The maximum Gasteiger partial charge on any atom is 0.538 e. The molecule has 0 fully saturated rings. The van der Waals surface area contributed by atoms with Crippen LogP contribution in [0.25, 0.3) is 0 Å². The smallest absolute Gasteiger partial charge is 0.230 e. The molecule has 13 heavy (non-hydrogen) atoms. The van der Waals surface area contributed by atoms with Gasteiger partial charge in [-0.2, -0.15) is 12.6 Å². The maximum absolute atomic E-state index is 11.5. The summed E-state index contributed by atoms with van der Waals surface area (Å²) < 4.78 is 59.3. The van der Waals surface area contributed by atoms with E-state index >= 15 is 0 Å². The zero-order valence-corrected chi connectivity index (χ0v) is 6.84. The van der Waals surface area contributed by atoms with Gasteiger partial charge in [0, 0.05) is 12.4 Å². The molecule has 8 heteroatoms. The highest BCUT2D eigenvalue weighted by atomic mass is 32.2. The molecule has 1 aromatic heterocycles. The number of halogens is 3. The molecule has 0 bridgehead atoms. The van der Waals surface area contributed by atoms with E-state index in [1.807, 2.05) is 0 Å². The van der Waals surface area contributed by atoms with E-state index < -0.39 is 16.7 Å². The van der Waals surface area contributed by atoms with E-state index in [0.29, 0.717) is 3.97 Å². The second kappa shape index (κ2) is 3.04. The van der Waals surface area contributed by atoms with E-state index in [9.17, 15) is 21.6 Å². The number of aromatic nitrogens is 1. The summed E-state index contributed by atoms with van der Waals surface area (Å²) in [5.41, 5.74) is 0. The van der Waals surface area contributed by atoms with E-state index in [0.717, 1.165) is 12.4 Å². The first kappa shape index (κ1) is 10.1. The first-order chi connectivity index (χ1) is 5.81. The van der Waals surface area contributed by atoms with Crippen LogP contribution in [0.2, 0.25) is 0 Å². The van der Waals surface area contributed by atoms with E-state index in [-0.39, 0.29) is 0 Å². The van der Waals surface area contributed by atoms with Gasteiger partial charge >= 0.3 is 16.7 Å². The molecule has 1 aromatic rings. The third-order valence-electron chi connectivity index (χ3n) is 1.04. The molecule has 0 saturated carbocycles. The van der Waals surface area contributed by atoms with Crippen molar-refractivity contribution in [2.24, 2.45) is 0 Å². The Bertz CT molecular complexity index is 366. The fourth-order valence-corrected chi connectivity index (χ4v) is 1.39. The lowest BCUT2D eigenvalue weighted by molar-refractivity contribution is -0.272. The van der Waals surface area contributed by atoms with E-state index in [1.54, 1.807) is 0 Å². The zero-order chi connectivity index (χ0) is 10.1. The molecule has 0 radical (unpaired) electrons. The molecule has 74 valence electrons. The molecule has 0 aliphatic carbocycles. The quantitative estimate of drug-likeness (QED) is 0.742. The normalized spacial score (nSPS) is 13.2. The molecule has 1 heterocycles. The van der Waals surface area contributed by atoms with Gasteiger partial charge in [0.15, 0.2) is 0 Å². The van der Waals surface area contributed by atoms with Crippen LogP contribution < -0.4 is 0 Å². The molecule has 4 nitrogen and oxygen atoms in total. The van der Waals surface area contributed by atoms with Gasteiger partial charge in [0.1, 0.15) is 0 Å². The molecule has 0 spiro atoms. The highest BCUT2D eigenvalue weighted by Crippen LogP contribution is 2.20. The van der Waals surface area contributed by atoms with Crippen molar-refractivity contribution in [2.45, 2.75) is 6.36 Å². The number of alkyl halides is 3. The first-order valence-electron chi connectivity index (χ1n) is 2.97. The minimum absolute atomic E-state index is 0.320. The van der Waals surface area contributed by atoms with Gasteiger partial charge in [-0.25, -0.2) is 3.97 Å². The van der Waals surface area contributed by atoms with Crippen molar-refractivity contribution in [3.05, 3.63) is 24.5 Å². The summed E-state index contributed by atoms with van der Waals surface area (Å²) in [5.74, 6) is 0. The summed E-state index contributed by atoms with van der Waals surface area (Å²) in [4.78, 5) is 0. The van der Waals surface area contributed by atoms with Crippen molar-refractivity contribution < 1.29 is 25.8 Å². The molecule has 0 aliphatic heterocycles. The molecule has 0 aliphatic rings. The van der Waals surface area contributed by atoms with Crippen LogP contribution >= 0.6 is 0 Å². The number of hydrogen-bond acceptors (Lipinski definition) is 3. The second-order valence-electron chi connectivity index (χ2n) is 2.00. The van der Waals surface area contributed by atoms with Gasteiger partial charge in [-0.15, -0.1) is 13.2 Å². The molecule has 0 amide bonds. The summed E-state index contributed by atoms with van der Waals surface area (Å²) in [7, 11) is -4.78. The van der Waals surface area contributed by atoms with Gasteiger partial charge in [-0.05, 0) is 12.1 Å². The Hall–Kier alpha value is -1.02. The van der Waals surface area contributed by atoms with Crippen molar-refractivity contribution in [3.8, 4) is 0 Å². The average Bonchev–Trinajstić information content (AvgIpc) is 2.29. The van der Waals surface area contributed by atoms with E-state index in [4.69, 9.17) is 0 Å². The minimum Gasteiger partial charge on any atom is -0.230 e. The molecule has 0 unspecified atom stereocenters. The summed E-state index contributed by atoms with van der Waals surface area (Å²) in [6.45, 7) is 0. The van der Waals surface area contributed by atoms with Crippen molar-refractivity contribution in [1.82, 2.24) is 3.97 Å². The lowest BCUT2D eigenvalue weighted by Gasteiger charge is -2.07. The van der Waals surface area contributed by atoms with Crippen molar-refractivity contribution in [1.29, 1.82) is 0 Å². The summed E-state index contributed by atoms with van der Waals surface area (Å²) in [6.07, 6.45) is -3.34. The van der Waals surface area contributed by atoms with Crippen LogP contribution in [0.3, 0.4) is 0 Å². The number of nitrogens with zero attached hydrogens (tertiary/aromatic N) is 1. The minimum atomic E-state index is -5.21. The fraction of sp³-hybridized carbons (Fsp3) is 0.200. The monoisotopic (exact) mass is 215 g/mol. The predicted octanol–water partition coefficient (Wildman–Crippen LogP) is 1.12. The summed E-state index contributed by atoms with van der Waals surface area (Å²) in [5, 5.41) is 0. The highest BCUT2D eigenvalue weighted by Gasteiger charge is 2.37. The first-order valence-corrected chi connectivity index (χ1v) is 4.34. The van der Waals surface area contributed by atoms with E-state index in [2.05, 4.69) is 4.18 Å². The Balaban J connectivity index is 2.93. The lowest BCUT2D eigenvalue weighted by atomic mass is 10.7. The van der Waals surface area contributed by atoms with Gasteiger partial charge in [-0.3, -0.25) is 0 Å². The molecule has 0 saturated heterocycles. The Morgan fingerprint density at radius 3 is 2.00 bits per heavy atom. The van der Waals surface area contributed by atoms with Crippen LogP contribution in [-0.4, -0.2) is 18.8 Å². The molecule has 1 rings (SSSR count). The Morgan fingerprint density at radius 1 is 1.15 bits per heavy atom. The predicted molar refractivity (Wildman–Crippen MR) is 35.9 cm³/mol. The Morgan fingerprint density at radius 2 is 1.62 bits per heavy atom. The topological polar surface area (TPSA) is 48.3 Å². The van der Waals surface area contributed by atoms with Crippen LogP contribution in [0, 0.1) is 0 Å². The number of hydrogen-bond donors (Lipinski definition) is 0. The largest absolute Gasteiger partial charge is 0.538 e. The van der Waals surface area contributed by atoms with Crippen molar-refractivity contribution in [3.63, 3.8) is 0 Å². The standard InChI is InChI=1S/C5H4F3NO3S/c6-5(7,8)12-13(10,11)9-3-1-2-4-9/h1-4H. The molecular formula is C5H4F3NO3S. The van der Waals surface area contributed by atoms with Crippen molar-refractivity contribution >= 4 is 10.3 Å². The van der Waals surface area contributed by atoms with Gasteiger partial charge < -0.3 is 0 Å². The van der Waals surface area contributed by atoms with Crippen molar-refractivity contribution in [2.75, 3.05) is 0 Å². The zero-order valence-electron chi connectivity index (χ0n) is 6.02. The highest BCUT2D eigenvalue weighted by molar-refractivity contribution is 7.85. The van der Waals surface area contributed by atoms with Gasteiger partial charge in [0.05, 0.1) is 0 Å². The van der Waals surface area contributed by atoms with Crippen LogP contribution in [0.5, 0.6) is 0 Å². The number of rotatable bonds is 2. The SMILES string of the molecule is O=S(=O)(OC(F)(F)F)n1cccc1. The molecule has 0 N–H and O–H groups in total. The lowest BCUT2D eigenvalue weighted by Crippen LogP contribution is -2.24. The van der Waals surface area contributed by atoms with Crippen LogP contribution in [0.15, 0.2) is 24.5 Å². The average molecular weight is 215 g/mol. The Kier molecular flexibility index (Phi) is 2.35. The van der Waals surface area contributed by atoms with Crippen LogP contribution in [0.1, 0.15) is 0 Å². The van der Waals surface area contributed by atoms with Crippen LogP contribution in [-0.2, 0) is 14.5 Å².